The Balaban J connectivity index is 2.19. The molecule has 2 aromatic rings. The van der Waals surface area contributed by atoms with Gasteiger partial charge in [0, 0.05) is 9.79 Å². The highest BCUT2D eigenvalue weighted by atomic mass is 32.2. The molecule has 0 saturated heterocycles. The summed E-state index contributed by atoms with van der Waals surface area (Å²) < 4.78 is 13.4. The quantitative estimate of drug-likeness (QED) is 0.929. The van der Waals surface area contributed by atoms with Crippen molar-refractivity contribution in [3.63, 3.8) is 0 Å². The lowest BCUT2D eigenvalue weighted by molar-refractivity contribution is 0.0697. The Kier molecular flexibility index (Phi) is 3.83. The van der Waals surface area contributed by atoms with Crippen molar-refractivity contribution in [1.29, 1.82) is 5.26 Å². The predicted molar refractivity (Wildman–Crippen MR) is 68.6 cm³/mol. The Bertz CT molecular complexity index is 662. The van der Waals surface area contributed by atoms with Crippen molar-refractivity contribution >= 4 is 17.7 Å². The molecule has 0 atom stereocenters. The number of carboxylic acids is 1. The van der Waals surface area contributed by atoms with Crippen LogP contribution in [0.4, 0.5) is 4.39 Å². The van der Waals surface area contributed by atoms with Crippen LogP contribution in [0, 0.1) is 17.1 Å². The van der Waals surface area contributed by atoms with Crippen LogP contribution >= 0.6 is 11.8 Å². The third-order valence-corrected chi connectivity index (χ3v) is 3.40. The standard InChI is InChI=1S/C14H8FNO2S/c15-13-7-12(6-3-10(13)8-16)19-11-4-1-9(2-5-11)14(17)18/h1-7H,(H,17,18). The van der Waals surface area contributed by atoms with Gasteiger partial charge in [-0.2, -0.15) is 5.26 Å². The number of benzene rings is 2. The molecule has 0 unspecified atom stereocenters. The Morgan fingerprint density at radius 1 is 1.16 bits per heavy atom. The van der Waals surface area contributed by atoms with Crippen molar-refractivity contribution in [2.75, 3.05) is 0 Å². The maximum atomic E-state index is 13.4. The average Bonchev–Trinajstić information content (AvgIpc) is 2.39. The zero-order chi connectivity index (χ0) is 13.8. The molecule has 2 rings (SSSR count). The van der Waals surface area contributed by atoms with Crippen molar-refractivity contribution in [1.82, 2.24) is 0 Å². The van der Waals surface area contributed by atoms with Crippen LogP contribution in [0.2, 0.25) is 0 Å². The summed E-state index contributed by atoms with van der Waals surface area (Å²) in [4.78, 5) is 12.2. The van der Waals surface area contributed by atoms with Gasteiger partial charge in [-0.3, -0.25) is 0 Å². The summed E-state index contributed by atoms with van der Waals surface area (Å²) in [6.07, 6.45) is 0. The molecule has 0 aliphatic carbocycles. The van der Waals surface area contributed by atoms with Gasteiger partial charge in [-0.05, 0) is 42.5 Å². The molecular weight excluding hydrogens is 265 g/mol. The van der Waals surface area contributed by atoms with Gasteiger partial charge >= 0.3 is 5.97 Å². The van der Waals surface area contributed by atoms with E-state index < -0.39 is 11.8 Å². The van der Waals surface area contributed by atoms with Gasteiger partial charge in [0.15, 0.2) is 0 Å². The van der Waals surface area contributed by atoms with Crippen molar-refractivity contribution < 1.29 is 14.3 Å². The van der Waals surface area contributed by atoms with Gasteiger partial charge in [0.25, 0.3) is 0 Å². The van der Waals surface area contributed by atoms with Gasteiger partial charge in [-0.1, -0.05) is 11.8 Å². The number of carboxylic acid groups (broad SMARTS) is 1. The van der Waals surface area contributed by atoms with Crippen LogP contribution in [0.25, 0.3) is 0 Å². The summed E-state index contributed by atoms with van der Waals surface area (Å²) in [6.45, 7) is 0. The fraction of sp³-hybridized carbons (Fsp3) is 0. The lowest BCUT2D eigenvalue weighted by Gasteiger charge is -2.03. The van der Waals surface area contributed by atoms with Gasteiger partial charge < -0.3 is 5.11 Å². The SMILES string of the molecule is N#Cc1ccc(Sc2ccc(C(=O)O)cc2)cc1F. The maximum Gasteiger partial charge on any atom is 0.335 e. The largest absolute Gasteiger partial charge is 0.478 e. The second-order valence-corrected chi connectivity index (χ2v) is 4.83. The minimum absolute atomic E-state index is 0.00516. The minimum atomic E-state index is -0.985. The summed E-state index contributed by atoms with van der Waals surface area (Å²) >= 11 is 1.30. The first-order valence-electron chi connectivity index (χ1n) is 5.31. The zero-order valence-electron chi connectivity index (χ0n) is 9.63. The second-order valence-electron chi connectivity index (χ2n) is 3.69. The van der Waals surface area contributed by atoms with Crippen LogP contribution in [0.1, 0.15) is 15.9 Å². The van der Waals surface area contributed by atoms with Crippen LogP contribution in [0.3, 0.4) is 0 Å². The fourth-order valence-corrected chi connectivity index (χ4v) is 2.29. The Morgan fingerprint density at radius 2 is 1.79 bits per heavy atom. The molecule has 94 valence electrons. The molecule has 0 bridgehead atoms. The minimum Gasteiger partial charge on any atom is -0.478 e. The van der Waals surface area contributed by atoms with Crippen molar-refractivity contribution in [2.45, 2.75) is 9.79 Å². The number of carbonyl (C=O) groups is 1. The molecule has 0 aliphatic heterocycles. The second kappa shape index (κ2) is 5.55. The molecule has 3 nitrogen and oxygen atoms in total. The Labute approximate surface area is 113 Å². The van der Waals surface area contributed by atoms with Crippen molar-refractivity contribution in [3.05, 3.63) is 59.4 Å². The molecule has 19 heavy (non-hydrogen) atoms. The zero-order valence-corrected chi connectivity index (χ0v) is 10.4. The first-order chi connectivity index (χ1) is 9.10. The number of aromatic carboxylic acids is 1. The highest BCUT2D eigenvalue weighted by Gasteiger charge is 2.05. The van der Waals surface area contributed by atoms with Crippen molar-refractivity contribution in [3.8, 4) is 6.07 Å². The Morgan fingerprint density at radius 3 is 2.32 bits per heavy atom. The van der Waals surface area contributed by atoms with E-state index in [1.54, 1.807) is 24.3 Å². The first kappa shape index (κ1) is 13.1. The molecule has 1 N–H and O–H groups in total. The monoisotopic (exact) mass is 273 g/mol. The number of hydrogen-bond donors (Lipinski definition) is 1. The molecule has 5 heteroatoms. The molecule has 0 spiro atoms. The van der Waals surface area contributed by atoms with Gasteiger partial charge in [0.05, 0.1) is 11.1 Å². The lowest BCUT2D eigenvalue weighted by atomic mass is 10.2. The average molecular weight is 273 g/mol. The third kappa shape index (κ3) is 3.12. The Hall–Kier alpha value is -2.32. The third-order valence-electron chi connectivity index (χ3n) is 2.40. The lowest BCUT2D eigenvalue weighted by Crippen LogP contribution is -1.94. The highest BCUT2D eigenvalue weighted by molar-refractivity contribution is 7.99. The summed E-state index contributed by atoms with van der Waals surface area (Å²) in [5.74, 6) is -1.55. The molecule has 0 aromatic heterocycles. The van der Waals surface area contributed by atoms with E-state index in [1.165, 1.54) is 36.0 Å². The highest BCUT2D eigenvalue weighted by Crippen LogP contribution is 2.28. The summed E-state index contributed by atoms with van der Waals surface area (Å²) in [5, 5.41) is 17.4. The summed E-state index contributed by atoms with van der Waals surface area (Å²) in [5.41, 5.74) is 0.209. The predicted octanol–water partition coefficient (Wildman–Crippen LogP) is 3.55. The van der Waals surface area contributed by atoms with Gasteiger partial charge in [0.2, 0.25) is 0 Å². The van der Waals surface area contributed by atoms with Crippen LogP contribution in [0.5, 0.6) is 0 Å². The number of hydrogen-bond acceptors (Lipinski definition) is 3. The molecule has 0 aliphatic rings. The van der Waals surface area contributed by atoms with E-state index in [-0.39, 0.29) is 11.1 Å². The topological polar surface area (TPSA) is 61.1 Å². The van der Waals surface area contributed by atoms with E-state index in [9.17, 15) is 9.18 Å². The summed E-state index contributed by atoms with van der Waals surface area (Å²) in [7, 11) is 0. The molecule has 2 aromatic carbocycles. The number of rotatable bonds is 3. The van der Waals surface area contributed by atoms with Gasteiger partial charge in [-0.15, -0.1) is 0 Å². The molecule has 0 saturated carbocycles. The van der Waals surface area contributed by atoms with E-state index in [0.717, 1.165) is 4.90 Å². The van der Waals surface area contributed by atoms with Crippen LogP contribution in [-0.4, -0.2) is 11.1 Å². The first-order valence-corrected chi connectivity index (χ1v) is 6.12. The van der Waals surface area contributed by atoms with Crippen LogP contribution in [0.15, 0.2) is 52.3 Å². The normalized spacial score (nSPS) is 9.89. The van der Waals surface area contributed by atoms with Crippen LogP contribution < -0.4 is 0 Å². The summed E-state index contributed by atoms with van der Waals surface area (Å²) in [6, 6.07) is 12.4. The van der Waals surface area contributed by atoms with E-state index in [2.05, 4.69) is 0 Å². The van der Waals surface area contributed by atoms with E-state index in [1.807, 2.05) is 0 Å². The number of halogens is 1. The number of nitrogens with zero attached hydrogens (tertiary/aromatic N) is 1. The maximum absolute atomic E-state index is 13.4. The molecule has 0 fully saturated rings. The fourth-order valence-electron chi connectivity index (χ4n) is 1.45. The molecule has 0 amide bonds. The van der Waals surface area contributed by atoms with E-state index in [4.69, 9.17) is 10.4 Å². The van der Waals surface area contributed by atoms with Gasteiger partial charge in [0.1, 0.15) is 11.9 Å². The number of nitriles is 1. The van der Waals surface area contributed by atoms with Crippen LogP contribution in [-0.2, 0) is 0 Å². The van der Waals surface area contributed by atoms with E-state index >= 15 is 0 Å². The van der Waals surface area contributed by atoms with Gasteiger partial charge in [-0.25, -0.2) is 9.18 Å². The molecular formula is C14H8FNO2S. The molecule has 0 radical (unpaired) electrons. The molecule has 0 heterocycles. The van der Waals surface area contributed by atoms with E-state index in [0.29, 0.717) is 4.90 Å². The smallest absolute Gasteiger partial charge is 0.335 e. The van der Waals surface area contributed by atoms with Crippen molar-refractivity contribution in [2.24, 2.45) is 0 Å².